The Morgan fingerprint density at radius 3 is 0.800 bits per heavy atom. The lowest BCUT2D eigenvalue weighted by Gasteiger charge is -2.15. The second-order valence-electron chi connectivity index (χ2n) is 5.78. The number of rotatable bonds is 0. The standard InChI is InChI=1S/C15H3F15/c16-11(17,18)4-1-5(12(19,20)21)3-7-6(2-4)8(13(22,23)24)10(15(28,29)30)9(7)14(25,26)27/h1-3H. The fourth-order valence-corrected chi connectivity index (χ4v) is 2.73. The zero-order chi connectivity index (χ0) is 23.7. The van der Waals surface area contributed by atoms with E-state index in [9.17, 15) is 65.9 Å². The molecule has 30 heavy (non-hydrogen) atoms. The van der Waals surface area contributed by atoms with Crippen molar-refractivity contribution in [1.29, 1.82) is 0 Å². The summed E-state index contributed by atoms with van der Waals surface area (Å²) in [4.78, 5) is 0. The summed E-state index contributed by atoms with van der Waals surface area (Å²) in [5.41, 5.74) is -19.5. The van der Waals surface area contributed by atoms with Gasteiger partial charge in [0.2, 0.25) is 0 Å². The van der Waals surface area contributed by atoms with E-state index in [0.29, 0.717) is 0 Å². The van der Waals surface area contributed by atoms with E-state index >= 15 is 0 Å². The fraction of sp³-hybridized carbons (Fsp3) is 0.333. The van der Waals surface area contributed by atoms with Gasteiger partial charge in [0, 0.05) is 0 Å². The van der Waals surface area contributed by atoms with Crippen LogP contribution in [-0.4, -0.2) is 0 Å². The Morgan fingerprint density at radius 1 is 0.333 bits per heavy atom. The van der Waals surface area contributed by atoms with Crippen molar-refractivity contribution < 1.29 is 65.9 Å². The fourth-order valence-electron chi connectivity index (χ4n) is 2.73. The highest BCUT2D eigenvalue weighted by Gasteiger charge is 2.55. The predicted molar refractivity (Wildman–Crippen MR) is 68.1 cm³/mol. The molecule has 0 aromatic heterocycles. The van der Waals surface area contributed by atoms with E-state index in [0.717, 1.165) is 0 Å². The van der Waals surface area contributed by atoms with Crippen molar-refractivity contribution >= 4 is 0 Å². The van der Waals surface area contributed by atoms with E-state index in [1.165, 1.54) is 0 Å². The van der Waals surface area contributed by atoms with Crippen LogP contribution in [0.3, 0.4) is 0 Å². The highest BCUT2D eigenvalue weighted by Crippen LogP contribution is 2.56. The van der Waals surface area contributed by atoms with Gasteiger partial charge in [-0.15, -0.1) is 0 Å². The average Bonchev–Trinajstić information content (AvgIpc) is 2.65. The van der Waals surface area contributed by atoms with E-state index in [1.54, 1.807) is 0 Å². The van der Waals surface area contributed by atoms with Gasteiger partial charge in [-0.05, 0) is 29.3 Å². The van der Waals surface area contributed by atoms with Crippen LogP contribution in [-0.2, 0) is 30.9 Å². The van der Waals surface area contributed by atoms with Crippen molar-refractivity contribution in [3.63, 3.8) is 0 Å². The molecule has 0 amide bonds. The molecule has 0 atom stereocenters. The van der Waals surface area contributed by atoms with Crippen molar-refractivity contribution in [2.45, 2.75) is 30.9 Å². The van der Waals surface area contributed by atoms with Crippen LogP contribution in [0.4, 0.5) is 65.9 Å². The molecule has 0 N–H and O–H groups in total. The number of fused-ring (bicyclic) bond motifs is 1. The van der Waals surface area contributed by atoms with Gasteiger partial charge in [-0.2, -0.15) is 65.9 Å². The summed E-state index contributed by atoms with van der Waals surface area (Å²) >= 11 is 0. The van der Waals surface area contributed by atoms with Crippen LogP contribution in [0.5, 0.6) is 0 Å². The number of hydrogen-bond acceptors (Lipinski definition) is 0. The van der Waals surface area contributed by atoms with Crippen LogP contribution >= 0.6 is 0 Å². The molecule has 2 rings (SSSR count). The van der Waals surface area contributed by atoms with Gasteiger partial charge >= 0.3 is 30.9 Å². The molecule has 2 aliphatic rings. The molecule has 0 radical (unpaired) electrons. The quantitative estimate of drug-likeness (QED) is 0.345. The van der Waals surface area contributed by atoms with Gasteiger partial charge in [-0.1, -0.05) is 0 Å². The number of alkyl halides is 15. The van der Waals surface area contributed by atoms with Crippen LogP contribution in [0.2, 0.25) is 0 Å². The van der Waals surface area contributed by atoms with Crippen LogP contribution in [0, 0.1) is 0 Å². The van der Waals surface area contributed by atoms with E-state index in [2.05, 4.69) is 0 Å². The third-order valence-corrected chi connectivity index (χ3v) is 3.74. The molecule has 168 valence electrons. The minimum Gasteiger partial charge on any atom is -0.166 e. The molecule has 0 saturated heterocycles. The Labute approximate surface area is 155 Å². The van der Waals surface area contributed by atoms with Gasteiger partial charge < -0.3 is 0 Å². The van der Waals surface area contributed by atoms with Gasteiger partial charge in [-0.3, -0.25) is 0 Å². The van der Waals surface area contributed by atoms with Crippen LogP contribution in [0.1, 0.15) is 27.8 Å². The summed E-state index contributed by atoms with van der Waals surface area (Å²) in [6, 6.07) is -2.44. The van der Waals surface area contributed by atoms with Crippen molar-refractivity contribution in [1.82, 2.24) is 0 Å². The summed E-state index contributed by atoms with van der Waals surface area (Å²) in [6.45, 7) is 0. The summed E-state index contributed by atoms with van der Waals surface area (Å²) in [6.07, 6.45) is -30.7. The zero-order valence-electron chi connectivity index (χ0n) is 13.4. The molecule has 0 unspecified atom stereocenters. The largest absolute Gasteiger partial charge is 0.417 e. The van der Waals surface area contributed by atoms with Gasteiger partial charge in [0.25, 0.3) is 0 Å². The topological polar surface area (TPSA) is 0 Å². The van der Waals surface area contributed by atoms with Gasteiger partial charge in [0.05, 0.1) is 27.8 Å². The molecular formula is C15H3F15. The first-order valence-electron chi connectivity index (χ1n) is 7.07. The average molecular weight is 468 g/mol. The summed E-state index contributed by atoms with van der Waals surface area (Å²) < 4.78 is 196. The Hall–Kier alpha value is -2.35. The van der Waals surface area contributed by atoms with E-state index in [-0.39, 0.29) is 0 Å². The lowest BCUT2D eigenvalue weighted by Crippen LogP contribution is -2.19. The maximum atomic E-state index is 13.2. The minimum atomic E-state index is -6.41. The third-order valence-electron chi connectivity index (χ3n) is 3.74. The van der Waals surface area contributed by atoms with E-state index in [1.807, 2.05) is 0 Å². The van der Waals surface area contributed by atoms with E-state index in [4.69, 9.17) is 0 Å². The van der Waals surface area contributed by atoms with Crippen molar-refractivity contribution in [3.8, 4) is 11.1 Å². The summed E-state index contributed by atoms with van der Waals surface area (Å²) in [5, 5.41) is 0. The van der Waals surface area contributed by atoms with Crippen molar-refractivity contribution in [2.75, 3.05) is 0 Å². The summed E-state index contributed by atoms with van der Waals surface area (Å²) in [7, 11) is 0. The second-order valence-corrected chi connectivity index (χ2v) is 5.78. The molecule has 0 bridgehead atoms. The summed E-state index contributed by atoms with van der Waals surface area (Å²) in [5.74, 6) is 0. The molecule has 0 heterocycles. The van der Waals surface area contributed by atoms with Gasteiger partial charge in [-0.25, -0.2) is 0 Å². The van der Waals surface area contributed by atoms with E-state index < -0.39 is 88.0 Å². The normalized spacial score (nSPS) is 14.5. The number of halogens is 15. The van der Waals surface area contributed by atoms with Crippen LogP contribution in [0.25, 0.3) is 11.1 Å². The molecule has 0 fully saturated rings. The van der Waals surface area contributed by atoms with Crippen LogP contribution < -0.4 is 0 Å². The Balaban J connectivity index is 3.28. The highest BCUT2D eigenvalue weighted by molar-refractivity contribution is 5.81. The molecule has 15 heteroatoms. The molecule has 2 aliphatic carbocycles. The smallest absolute Gasteiger partial charge is 0.166 e. The molecular weight excluding hydrogens is 465 g/mol. The first-order valence-corrected chi connectivity index (χ1v) is 7.07. The second kappa shape index (κ2) is 6.57. The molecule has 0 aromatic carbocycles. The van der Waals surface area contributed by atoms with Crippen LogP contribution in [0.15, 0.2) is 18.2 Å². The predicted octanol–water partition coefficient (Wildman–Crippen LogP) is 7.89. The lowest BCUT2D eigenvalue weighted by atomic mass is 10.1. The zero-order valence-corrected chi connectivity index (χ0v) is 13.4. The Bertz CT molecular complexity index is 851. The maximum Gasteiger partial charge on any atom is 0.417 e. The minimum absolute atomic E-state index is 0.798. The Morgan fingerprint density at radius 2 is 0.600 bits per heavy atom. The molecule has 0 spiro atoms. The SMILES string of the molecule is FC(F)(F)c1cc(C(F)(F)F)cc2c(C(F)(F)F)c(C(F)(F)F)c(C(F)(F)F)c-2c1. The monoisotopic (exact) mass is 468 g/mol. The molecule has 0 nitrogen and oxygen atoms in total. The molecule has 0 saturated carbocycles. The molecule has 0 aromatic rings. The lowest BCUT2D eigenvalue weighted by molar-refractivity contribution is -0.172. The van der Waals surface area contributed by atoms with Crippen molar-refractivity contribution in [2.24, 2.45) is 0 Å². The Kier molecular flexibility index (Phi) is 5.24. The van der Waals surface area contributed by atoms with Gasteiger partial charge in [0.15, 0.2) is 0 Å². The van der Waals surface area contributed by atoms with Crippen molar-refractivity contribution in [3.05, 3.63) is 46.0 Å². The maximum absolute atomic E-state index is 13.2. The first kappa shape index (κ1) is 23.9. The highest BCUT2D eigenvalue weighted by atomic mass is 19.4. The van der Waals surface area contributed by atoms with Gasteiger partial charge in [0.1, 0.15) is 0 Å². The first-order chi connectivity index (χ1) is 13.1. The third kappa shape index (κ3) is 4.38. The molecule has 0 aliphatic heterocycles. The number of hydrogen-bond donors (Lipinski definition) is 0.